The number of rotatable bonds is 6. The van der Waals surface area contributed by atoms with Crippen molar-refractivity contribution in [3.05, 3.63) is 23.4 Å². The van der Waals surface area contributed by atoms with Gasteiger partial charge in [0.25, 0.3) is 5.91 Å². The van der Waals surface area contributed by atoms with Crippen LogP contribution in [-0.2, 0) is 6.42 Å². The summed E-state index contributed by atoms with van der Waals surface area (Å²) < 4.78 is 5.79. The molecule has 0 aromatic carbocycles. The van der Waals surface area contributed by atoms with E-state index >= 15 is 0 Å². The lowest BCUT2D eigenvalue weighted by atomic mass is 10.1. The molecule has 1 fully saturated rings. The molecule has 2 aliphatic rings. The molecule has 1 aromatic heterocycles. The molecule has 2 aliphatic heterocycles. The normalized spacial score (nSPS) is 18.8. The number of likely N-dealkylation sites (tertiary alicyclic amines) is 1. The Balaban J connectivity index is 1.49. The summed E-state index contributed by atoms with van der Waals surface area (Å²) in [5.41, 5.74) is 1.62. The second-order valence-electron chi connectivity index (χ2n) is 6.38. The molecule has 5 heteroatoms. The highest BCUT2D eigenvalue weighted by Crippen LogP contribution is 2.20. The minimum atomic E-state index is 0.0953. The van der Waals surface area contributed by atoms with E-state index in [0.29, 0.717) is 12.5 Å². The van der Waals surface area contributed by atoms with Crippen LogP contribution in [0.5, 0.6) is 5.88 Å². The lowest BCUT2D eigenvalue weighted by Crippen LogP contribution is -2.37. The van der Waals surface area contributed by atoms with Gasteiger partial charge in [-0.15, -0.1) is 0 Å². The topological polar surface area (TPSA) is 45.7 Å². The first-order chi connectivity index (χ1) is 11.3. The Morgan fingerprint density at radius 1 is 1.17 bits per heavy atom. The van der Waals surface area contributed by atoms with Crippen molar-refractivity contribution in [2.45, 2.75) is 39.0 Å². The molecule has 0 atom stereocenters. The van der Waals surface area contributed by atoms with Crippen molar-refractivity contribution in [1.29, 1.82) is 0 Å². The summed E-state index contributed by atoms with van der Waals surface area (Å²) in [6, 6.07) is 3.70. The third-order valence-electron chi connectivity index (χ3n) is 4.78. The molecule has 23 heavy (non-hydrogen) atoms. The predicted octanol–water partition coefficient (Wildman–Crippen LogP) is 2.35. The number of aromatic nitrogens is 1. The van der Waals surface area contributed by atoms with Crippen molar-refractivity contribution in [3.8, 4) is 5.88 Å². The number of amides is 1. The zero-order chi connectivity index (χ0) is 16.1. The maximum absolute atomic E-state index is 12.2. The zero-order valence-electron chi connectivity index (χ0n) is 14.1. The van der Waals surface area contributed by atoms with Crippen molar-refractivity contribution in [3.63, 3.8) is 0 Å². The molecule has 3 heterocycles. The Labute approximate surface area is 138 Å². The Kier molecular flexibility index (Phi) is 5.49. The second-order valence-corrected chi connectivity index (χ2v) is 6.38. The number of hydrogen-bond acceptors (Lipinski definition) is 4. The van der Waals surface area contributed by atoms with Gasteiger partial charge in [-0.1, -0.05) is 6.42 Å². The van der Waals surface area contributed by atoms with E-state index in [-0.39, 0.29) is 5.91 Å². The summed E-state index contributed by atoms with van der Waals surface area (Å²) in [5, 5.41) is 0. The number of carbonyl (C=O) groups excluding carboxylic acids is 1. The Morgan fingerprint density at radius 3 is 2.78 bits per heavy atom. The van der Waals surface area contributed by atoms with E-state index in [4.69, 9.17) is 4.74 Å². The molecule has 3 rings (SSSR count). The van der Waals surface area contributed by atoms with Gasteiger partial charge in [-0.25, -0.2) is 4.98 Å². The van der Waals surface area contributed by atoms with E-state index in [1.54, 1.807) is 0 Å². The highest BCUT2D eigenvalue weighted by molar-refractivity contribution is 5.96. The molecule has 0 spiro atoms. The van der Waals surface area contributed by atoms with Crippen LogP contribution in [0.2, 0.25) is 0 Å². The number of likely N-dealkylation sites (N-methyl/N-ethyl adjacent to an activating group) is 1. The highest BCUT2D eigenvalue weighted by atomic mass is 16.5. The van der Waals surface area contributed by atoms with Gasteiger partial charge in [0.1, 0.15) is 0 Å². The van der Waals surface area contributed by atoms with Crippen LogP contribution in [-0.4, -0.2) is 60.0 Å². The van der Waals surface area contributed by atoms with Crippen molar-refractivity contribution in [2.75, 3.05) is 39.3 Å². The van der Waals surface area contributed by atoms with Gasteiger partial charge in [-0.3, -0.25) is 4.79 Å². The number of hydrogen-bond donors (Lipinski definition) is 0. The van der Waals surface area contributed by atoms with Crippen LogP contribution in [0.3, 0.4) is 0 Å². The molecular formula is C18H27N3O2. The van der Waals surface area contributed by atoms with Crippen LogP contribution < -0.4 is 4.74 Å². The minimum absolute atomic E-state index is 0.0953. The molecule has 0 aliphatic carbocycles. The van der Waals surface area contributed by atoms with Gasteiger partial charge >= 0.3 is 0 Å². The first kappa shape index (κ1) is 16.2. The molecule has 0 unspecified atom stereocenters. The summed E-state index contributed by atoms with van der Waals surface area (Å²) in [6.45, 7) is 7.78. The predicted molar refractivity (Wildman–Crippen MR) is 89.9 cm³/mol. The monoisotopic (exact) mass is 317 g/mol. The summed E-state index contributed by atoms with van der Waals surface area (Å²) in [6.07, 6.45) is 5.88. The molecule has 0 saturated carbocycles. The van der Waals surface area contributed by atoms with Crippen molar-refractivity contribution >= 4 is 5.91 Å². The van der Waals surface area contributed by atoms with E-state index in [1.165, 1.54) is 32.4 Å². The van der Waals surface area contributed by atoms with Crippen LogP contribution in [0, 0.1) is 0 Å². The molecule has 126 valence electrons. The van der Waals surface area contributed by atoms with Gasteiger partial charge in [-0.05, 0) is 45.3 Å². The standard InChI is InChI=1S/C18H27N3O2/c1-2-21-13-9-16-15(18(21)22)7-8-17(19-16)23-14-6-12-20-10-4-3-5-11-20/h7-8H,2-6,9-14H2,1H3. The molecular weight excluding hydrogens is 290 g/mol. The molecule has 0 bridgehead atoms. The lowest BCUT2D eigenvalue weighted by molar-refractivity contribution is 0.0747. The maximum Gasteiger partial charge on any atom is 0.255 e. The van der Waals surface area contributed by atoms with Gasteiger partial charge in [0.15, 0.2) is 0 Å². The Morgan fingerprint density at radius 2 is 2.00 bits per heavy atom. The molecule has 0 N–H and O–H groups in total. The SMILES string of the molecule is CCN1CCc2nc(OCCCN3CCCCC3)ccc2C1=O. The summed E-state index contributed by atoms with van der Waals surface area (Å²) in [4.78, 5) is 21.2. The molecule has 1 amide bonds. The van der Waals surface area contributed by atoms with E-state index in [0.717, 1.165) is 43.7 Å². The zero-order valence-corrected chi connectivity index (χ0v) is 14.1. The van der Waals surface area contributed by atoms with Crippen molar-refractivity contribution in [1.82, 2.24) is 14.8 Å². The maximum atomic E-state index is 12.2. The second kappa shape index (κ2) is 7.77. The van der Waals surface area contributed by atoms with Gasteiger partial charge < -0.3 is 14.5 Å². The quantitative estimate of drug-likeness (QED) is 0.756. The van der Waals surface area contributed by atoms with Crippen molar-refractivity contribution < 1.29 is 9.53 Å². The summed E-state index contributed by atoms with van der Waals surface area (Å²) >= 11 is 0. The average Bonchev–Trinajstić information content (AvgIpc) is 2.60. The minimum Gasteiger partial charge on any atom is -0.478 e. The first-order valence-electron chi connectivity index (χ1n) is 8.92. The molecule has 1 saturated heterocycles. The lowest BCUT2D eigenvalue weighted by Gasteiger charge is -2.27. The first-order valence-corrected chi connectivity index (χ1v) is 8.92. The van der Waals surface area contributed by atoms with Crippen LogP contribution in [0.15, 0.2) is 12.1 Å². The van der Waals surface area contributed by atoms with Crippen LogP contribution in [0.25, 0.3) is 0 Å². The largest absolute Gasteiger partial charge is 0.478 e. The number of nitrogens with zero attached hydrogens (tertiary/aromatic N) is 3. The van der Waals surface area contributed by atoms with Crippen LogP contribution in [0.4, 0.5) is 0 Å². The van der Waals surface area contributed by atoms with Crippen molar-refractivity contribution in [2.24, 2.45) is 0 Å². The molecule has 1 aromatic rings. The Bertz CT molecular complexity index is 541. The fourth-order valence-electron chi connectivity index (χ4n) is 3.41. The van der Waals surface area contributed by atoms with Crippen LogP contribution in [0.1, 0.15) is 48.7 Å². The van der Waals surface area contributed by atoms with E-state index in [2.05, 4.69) is 9.88 Å². The van der Waals surface area contributed by atoms with E-state index < -0.39 is 0 Å². The smallest absolute Gasteiger partial charge is 0.255 e. The summed E-state index contributed by atoms with van der Waals surface area (Å²) in [7, 11) is 0. The fraction of sp³-hybridized carbons (Fsp3) is 0.667. The van der Waals surface area contributed by atoms with E-state index in [1.807, 2.05) is 24.0 Å². The van der Waals surface area contributed by atoms with Gasteiger partial charge in [0.05, 0.1) is 17.9 Å². The molecule has 0 radical (unpaired) electrons. The van der Waals surface area contributed by atoms with E-state index in [9.17, 15) is 4.79 Å². The average molecular weight is 317 g/mol. The number of carbonyl (C=O) groups is 1. The number of piperidine rings is 1. The Hall–Kier alpha value is -1.62. The van der Waals surface area contributed by atoms with Crippen LogP contribution >= 0.6 is 0 Å². The fourth-order valence-corrected chi connectivity index (χ4v) is 3.41. The number of fused-ring (bicyclic) bond motifs is 1. The third kappa shape index (κ3) is 4.02. The highest BCUT2D eigenvalue weighted by Gasteiger charge is 2.24. The number of ether oxygens (including phenoxy) is 1. The van der Waals surface area contributed by atoms with Gasteiger partial charge in [-0.2, -0.15) is 0 Å². The number of pyridine rings is 1. The van der Waals surface area contributed by atoms with Gasteiger partial charge in [0.2, 0.25) is 5.88 Å². The van der Waals surface area contributed by atoms with Gasteiger partial charge in [0, 0.05) is 32.1 Å². The third-order valence-corrected chi connectivity index (χ3v) is 4.78. The summed E-state index contributed by atoms with van der Waals surface area (Å²) in [5.74, 6) is 0.748. The molecule has 5 nitrogen and oxygen atoms in total.